The Kier molecular flexibility index (Phi) is 3.31. The molecule has 1 saturated heterocycles. The summed E-state index contributed by atoms with van der Waals surface area (Å²) in [6, 6.07) is 3.29. The number of nitro groups is 1. The van der Waals surface area contributed by atoms with Crippen LogP contribution in [0.4, 0.5) is 5.69 Å². The van der Waals surface area contributed by atoms with Crippen molar-refractivity contribution in [2.75, 3.05) is 13.2 Å². The van der Waals surface area contributed by atoms with Crippen LogP contribution < -0.4 is 10.1 Å². The highest BCUT2D eigenvalue weighted by Gasteiger charge is 2.14. The standard InChI is InChI=1S/C10H13N3O3/c14-13(15)9-3-4-10(12-6-9)16-7-8-2-1-5-11-8/h3-4,6,8,11H,1-2,5,7H2. The van der Waals surface area contributed by atoms with Gasteiger partial charge in [-0.1, -0.05) is 0 Å². The average molecular weight is 223 g/mol. The van der Waals surface area contributed by atoms with Gasteiger partial charge in [-0.15, -0.1) is 0 Å². The topological polar surface area (TPSA) is 77.3 Å². The third-order valence-corrected chi connectivity index (χ3v) is 2.53. The summed E-state index contributed by atoms with van der Waals surface area (Å²) < 4.78 is 5.43. The van der Waals surface area contributed by atoms with Gasteiger partial charge in [0.05, 0.1) is 4.92 Å². The lowest BCUT2D eigenvalue weighted by Gasteiger charge is -2.10. The van der Waals surface area contributed by atoms with E-state index in [0.29, 0.717) is 18.5 Å². The normalized spacial score (nSPS) is 19.6. The van der Waals surface area contributed by atoms with Gasteiger partial charge in [-0.25, -0.2) is 4.98 Å². The highest BCUT2D eigenvalue weighted by molar-refractivity contribution is 5.28. The smallest absolute Gasteiger partial charge is 0.287 e. The number of nitrogens with zero attached hydrogens (tertiary/aromatic N) is 2. The zero-order valence-electron chi connectivity index (χ0n) is 8.76. The minimum atomic E-state index is -0.477. The van der Waals surface area contributed by atoms with E-state index < -0.39 is 4.92 Å². The lowest BCUT2D eigenvalue weighted by Crippen LogP contribution is -2.28. The largest absolute Gasteiger partial charge is 0.476 e. The van der Waals surface area contributed by atoms with E-state index in [4.69, 9.17) is 4.74 Å². The second kappa shape index (κ2) is 4.89. The molecule has 6 nitrogen and oxygen atoms in total. The van der Waals surface area contributed by atoms with Crippen LogP contribution in [0.25, 0.3) is 0 Å². The molecule has 0 spiro atoms. The van der Waals surface area contributed by atoms with E-state index in [0.717, 1.165) is 13.0 Å². The fraction of sp³-hybridized carbons (Fsp3) is 0.500. The summed E-state index contributed by atoms with van der Waals surface area (Å²) in [6.07, 6.45) is 3.48. The molecule has 1 aliphatic rings. The number of aromatic nitrogens is 1. The molecule has 16 heavy (non-hydrogen) atoms. The first-order chi connectivity index (χ1) is 7.75. The molecule has 86 valence electrons. The number of rotatable bonds is 4. The highest BCUT2D eigenvalue weighted by atomic mass is 16.6. The Morgan fingerprint density at radius 3 is 3.06 bits per heavy atom. The van der Waals surface area contributed by atoms with Crippen molar-refractivity contribution in [2.24, 2.45) is 0 Å². The number of nitrogens with one attached hydrogen (secondary N) is 1. The van der Waals surface area contributed by atoms with Gasteiger partial charge in [0.15, 0.2) is 0 Å². The van der Waals surface area contributed by atoms with E-state index in [2.05, 4.69) is 10.3 Å². The summed E-state index contributed by atoms with van der Waals surface area (Å²) in [7, 11) is 0. The molecule has 0 radical (unpaired) electrons. The summed E-state index contributed by atoms with van der Waals surface area (Å²) in [5.41, 5.74) is -0.0219. The molecule has 1 N–H and O–H groups in total. The van der Waals surface area contributed by atoms with E-state index in [1.165, 1.54) is 24.8 Å². The van der Waals surface area contributed by atoms with Crippen LogP contribution in [-0.4, -0.2) is 29.1 Å². The molecule has 1 aliphatic heterocycles. The first kappa shape index (κ1) is 10.8. The molecular formula is C10H13N3O3. The summed E-state index contributed by atoms with van der Waals surface area (Å²) in [4.78, 5) is 13.8. The van der Waals surface area contributed by atoms with Crippen molar-refractivity contribution >= 4 is 5.69 Å². The van der Waals surface area contributed by atoms with Crippen molar-refractivity contribution in [1.29, 1.82) is 0 Å². The Morgan fingerprint density at radius 2 is 2.50 bits per heavy atom. The maximum atomic E-state index is 10.4. The van der Waals surface area contributed by atoms with Gasteiger partial charge >= 0.3 is 0 Å². The molecule has 1 aromatic rings. The maximum Gasteiger partial charge on any atom is 0.287 e. The molecule has 0 amide bonds. The van der Waals surface area contributed by atoms with Crippen LogP contribution in [0.1, 0.15) is 12.8 Å². The van der Waals surface area contributed by atoms with Crippen LogP contribution in [0.15, 0.2) is 18.3 Å². The predicted molar refractivity (Wildman–Crippen MR) is 57.4 cm³/mol. The molecule has 1 fully saturated rings. The molecule has 0 bridgehead atoms. The molecule has 2 heterocycles. The van der Waals surface area contributed by atoms with Crippen LogP contribution in [0.3, 0.4) is 0 Å². The monoisotopic (exact) mass is 223 g/mol. The first-order valence-corrected chi connectivity index (χ1v) is 5.22. The van der Waals surface area contributed by atoms with E-state index in [9.17, 15) is 10.1 Å². The van der Waals surface area contributed by atoms with Crippen LogP contribution >= 0.6 is 0 Å². The van der Waals surface area contributed by atoms with Gasteiger partial charge in [0.1, 0.15) is 12.8 Å². The lowest BCUT2D eigenvalue weighted by molar-refractivity contribution is -0.385. The summed E-state index contributed by atoms with van der Waals surface area (Å²) in [5, 5.41) is 13.7. The second-order valence-electron chi connectivity index (χ2n) is 3.72. The summed E-state index contributed by atoms with van der Waals surface area (Å²) in [5.74, 6) is 0.430. The molecule has 6 heteroatoms. The molecule has 0 aromatic carbocycles. The quantitative estimate of drug-likeness (QED) is 0.611. The Hall–Kier alpha value is -1.69. The third-order valence-electron chi connectivity index (χ3n) is 2.53. The zero-order valence-corrected chi connectivity index (χ0v) is 8.76. The number of ether oxygens (including phenoxy) is 1. The molecule has 2 rings (SSSR count). The molecule has 0 aliphatic carbocycles. The fourth-order valence-electron chi connectivity index (χ4n) is 1.65. The summed E-state index contributed by atoms with van der Waals surface area (Å²) in [6.45, 7) is 1.59. The van der Waals surface area contributed by atoms with E-state index >= 15 is 0 Å². The Labute approximate surface area is 92.8 Å². The fourth-order valence-corrected chi connectivity index (χ4v) is 1.65. The van der Waals surface area contributed by atoms with Crippen LogP contribution in [0, 0.1) is 10.1 Å². The lowest BCUT2D eigenvalue weighted by atomic mass is 10.2. The predicted octanol–water partition coefficient (Wildman–Crippen LogP) is 1.12. The van der Waals surface area contributed by atoms with E-state index in [-0.39, 0.29) is 5.69 Å². The third kappa shape index (κ3) is 2.66. The van der Waals surface area contributed by atoms with Gasteiger partial charge in [-0.3, -0.25) is 10.1 Å². The minimum absolute atomic E-state index is 0.0219. The summed E-state index contributed by atoms with van der Waals surface area (Å²) >= 11 is 0. The van der Waals surface area contributed by atoms with Gasteiger partial charge in [0.2, 0.25) is 5.88 Å². The second-order valence-corrected chi connectivity index (χ2v) is 3.72. The van der Waals surface area contributed by atoms with Gasteiger partial charge in [-0.05, 0) is 19.4 Å². The Morgan fingerprint density at radius 1 is 1.62 bits per heavy atom. The van der Waals surface area contributed by atoms with Crippen molar-refractivity contribution in [3.05, 3.63) is 28.4 Å². The number of hydrogen-bond donors (Lipinski definition) is 1. The van der Waals surface area contributed by atoms with Crippen molar-refractivity contribution in [3.63, 3.8) is 0 Å². The van der Waals surface area contributed by atoms with Gasteiger partial charge in [0.25, 0.3) is 5.69 Å². The van der Waals surface area contributed by atoms with Crippen molar-refractivity contribution in [1.82, 2.24) is 10.3 Å². The minimum Gasteiger partial charge on any atom is -0.476 e. The van der Waals surface area contributed by atoms with Crippen LogP contribution in [-0.2, 0) is 0 Å². The highest BCUT2D eigenvalue weighted by Crippen LogP contribution is 2.14. The Bertz CT molecular complexity index is 360. The zero-order chi connectivity index (χ0) is 11.4. The molecular weight excluding hydrogens is 210 g/mol. The van der Waals surface area contributed by atoms with Crippen LogP contribution in [0.2, 0.25) is 0 Å². The van der Waals surface area contributed by atoms with Crippen molar-refractivity contribution in [3.8, 4) is 5.88 Å². The van der Waals surface area contributed by atoms with Gasteiger partial charge in [-0.2, -0.15) is 0 Å². The van der Waals surface area contributed by atoms with E-state index in [1.54, 1.807) is 0 Å². The molecule has 1 aromatic heterocycles. The van der Waals surface area contributed by atoms with E-state index in [1.807, 2.05) is 0 Å². The van der Waals surface area contributed by atoms with Crippen LogP contribution in [0.5, 0.6) is 5.88 Å². The average Bonchev–Trinajstić information content (AvgIpc) is 2.80. The van der Waals surface area contributed by atoms with Gasteiger partial charge < -0.3 is 10.1 Å². The maximum absolute atomic E-state index is 10.4. The molecule has 1 unspecified atom stereocenters. The van der Waals surface area contributed by atoms with Gasteiger partial charge in [0, 0.05) is 18.2 Å². The van der Waals surface area contributed by atoms with Crippen molar-refractivity contribution in [2.45, 2.75) is 18.9 Å². The Balaban J connectivity index is 1.87. The van der Waals surface area contributed by atoms with Crippen molar-refractivity contribution < 1.29 is 9.66 Å². The molecule has 1 atom stereocenters. The number of pyridine rings is 1. The molecule has 0 saturated carbocycles. The number of hydrogen-bond acceptors (Lipinski definition) is 5. The SMILES string of the molecule is O=[N+]([O-])c1ccc(OCC2CCCN2)nc1. The first-order valence-electron chi connectivity index (χ1n) is 5.22.